The van der Waals surface area contributed by atoms with Crippen LogP contribution in [0.4, 0.5) is 23.2 Å². The van der Waals surface area contributed by atoms with Crippen LogP contribution in [0.25, 0.3) is 0 Å². The van der Waals surface area contributed by atoms with Crippen molar-refractivity contribution in [2.75, 3.05) is 18.5 Å². The molecular formula is C10H10BrF4NO3. The minimum atomic E-state index is -5.05. The van der Waals surface area contributed by atoms with Gasteiger partial charge in [-0.1, -0.05) is 0 Å². The summed E-state index contributed by atoms with van der Waals surface area (Å²) in [4.78, 5) is 0. The maximum atomic E-state index is 13.4. The molecule has 0 saturated carbocycles. The fraction of sp³-hybridized carbons (Fsp3) is 0.400. The van der Waals surface area contributed by atoms with Gasteiger partial charge in [-0.15, -0.1) is 13.2 Å². The minimum Gasteiger partial charge on any atom is -0.400 e. The maximum absolute atomic E-state index is 13.4. The number of rotatable bonds is 5. The summed E-state index contributed by atoms with van der Waals surface area (Å²) in [6.07, 6.45) is -6.25. The van der Waals surface area contributed by atoms with Crippen LogP contribution in [0.5, 0.6) is 5.75 Å². The second-order valence-electron chi connectivity index (χ2n) is 3.50. The summed E-state index contributed by atoms with van der Waals surface area (Å²) < 4.78 is 53.6. The number of anilines is 1. The average Bonchev–Trinajstić information content (AvgIpc) is 2.31. The Balaban J connectivity index is 3.03. The molecule has 1 aromatic rings. The number of nitrogens with one attached hydrogen (secondary N) is 1. The van der Waals surface area contributed by atoms with Gasteiger partial charge in [-0.2, -0.15) is 0 Å². The molecule has 108 valence electrons. The molecule has 1 unspecified atom stereocenters. The zero-order valence-electron chi connectivity index (χ0n) is 9.34. The fourth-order valence-electron chi connectivity index (χ4n) is 1.20. The molecule has 0 saturated heterocycles. The van der Waals surface area contributed by atoms with Gasteiger partial charge in [-0.25, -0.2) is 4.39 Å². The maximum Gasteiger partial charge on any atom is 0.573 e. The van der Waals surface area contributed by atoms with Crippen LogP contribution in [0, 0.1) is 5.82 Å². The molecule has 0 aromatic heterocycles. The summed E-state index contributed by atoms with van der Waals surface area (Å²) in [5.74, 6) is -2.24. The Morgan fingerprint density at radius 2 is 2.00 bits per heavy atom. The van der Waals surface area contributed by atoms with Crippen molar-refractivity contribution in [3.05, 3.63) is 22.4 Å². The monoisotopic (exact) mass is 347 g/mol. The zero-order chi connectivity index (χ0) is 14.6. The predicted octanol–water partition coefficient (Wildman–Crippen LogP) is 2.25. The lowest BCUT2D eigenvalue weighted by molar-refractivity contribution is -0.275. The van der Waals surface area contributed by atoms with Crippen LogP contribution in [-0.2, 0) is 0 Å². The Bertz CT molecular complexity index is 442. The smallest absolute Gasteiger partial charge is 0.400 e. The largest absolute Gasteiger partial charge is 0.573 e. The van der Waals surface area contributed by atoms with E-state index in [1.807, 2.05) is 0 Å². The number of aliphatic hydroxyl groups is 2. The Morgan fingerprint density at radius 1 is 1.37 bits per heavy atom. The van der Waals surface area contributed by atoms with Gasteiger partial charge in [-0.05, 0) is 28.1 Å². The first-order valence-electron chi connectivity index (χ1n) is 5.01. The summed E-state index contributed by atoms with van der Waals surface area (Å²) in [5.41, 5.74) is -0.301. The van der Waals surface area contributed by atoms with E-state index in [1.165, 1.54) is 6.07 Å². The molecule has 1 atom stereocenters. The number of alkyl halides is 3. The highest BCUT2D eigenvalue weighted by Gasteiger charge is 2.34. The van der Waals surface area contributed by atoms with Crippen molar-refractivity contribution in [1.29, 1.82) is 0 Å². The summed E-state index contributed by atoms with van der Waals surface area (Å²) in [7, 11) is 0. The molecule has 0 fully saturated rings. The van der Waals surface area contributed by atoms with Gasteiger partial charge in [0, 0.05) is 11.0 Å². The molecule has 0 radical (unpaired) electrons. The second-order valence-corrected chi connectivity index (χ2v) is 4.35. The van der Waals surface area contributed by atoms with Crippen molar-refractivity contribution in [3.8, 4) is 5.75 Å². The van der Waals surface area contributed by atoms with Gasteiger partial charge in [-0.3, -0.25) is 0 Å². The summed E-state index contributed by atoms with van der Waals surface area (Å²) in [6.45, 7) is -0.859. The summed E-state index contributed by atoms with van der Waals surface area (Å²) in [5, 5.41) is 20.1. The van der Waals surface area contributed by atoms with Gasteiger partial charge < -0.3 is 20.3 Å². The van der Waals surface area contributed by atoms with E-state index in [1.54, 1.807) is 0 Å². The van der Waals surface area contributed by atoms with E-state index in [4.69, 9.17) is 10.2 Å². The van der Waals surface area contributed by atoms with Gasteiger partial charge in [0.15, 0.2) is 11.6 Å². The Hall–Kier alpha value is -1.06. The molecule has 4 nitrogen and oxygen atoms in total. The van der Waals surface area contributed by atoms with Crippen LogP contribution in [-0.4, -0.2) is 35.8 Å². The van der Waals surface area contributed by atoms with Crippen LogP contribution < -0.4 is 10.1 Å². The van der Waals surface area contributed by atoms with E-state index < -0.39 is 30.6 Å². The average molecular weight is 348 g/mol. The van der Waals surface area contributed by atoms with Crippen molar-refractivity contribution in [1.82, 2.24) is 0 Å². The number of ether oxygens (including phenoxy) is 1. The molecule has 9 heteroatoms. The molecular weight excluding hydrogens is 338 g/mol. The number of hydrogen-bond acceptors (Lipinski definition) is 4. The van der Waals surface area contributed by atoms with E-state index in [-0.39, 0.29) is 16.7 Å². The molecule has 0 aliphatic carbocycles. The first kappa shape index (κ1) is 16.0. The molecule has 19 heavy (non-hydrogen) atoms. The summed E-state index contributed by atoms with van der Waals surface area (Å²) in [6, 6.07) is 1.99. The lowest BCUT2D eigenvalue weighted by atomic mass is 10.2. The van der Waals surface area contributed by atoms with E-state index in [0.29, 0.717) is 0 Å². The van der Waals surface area contributed by atoms with Crippen molar-refractivity contribution >= 4 is 21.6 Å². The molecule has 3 N–H and O–H groups in total. The third-order valence-electron chi connectivity index (χ3n) is 2.00. The molecule has 0 spiro atoms. The topological polar surface area (TPSA) is 61.7 Å². The standard InChI is InChI=1S/C10H10BrF4NO3/c11-6-1-2-7(12)9(19-10(13,14)15)8(6)16-3-5(18)4-17/h1-2,5,16-18H,3-4H2. The van der Waals surface area contributed by atoms with Crippen LogP contribution >= 0.6 is 15.9 Å². The van der Waals surface area contributed by atoms with Gasteiger partial charge in [0.05, 0.1) is 18.4 Å². The number of hydrogen-bond donors (Lipinski definition) is 3. The third-order valence-corrected chi connectivity index (χ3v) is 2.66. The first-order valence-corrected chi connectivity index (χ1v) is 5.80. The van der Waals surface area contributed by atoms with E-state index in [0.717, 1.165) is 6.07 Å². The SMILES string of the molecule is OCC(O)CNc1c(Br)ccc(F)c1OC(F)(F)F. The lowest BCUT2D eigenvalue weighted by Crippen LogP contribution is -2.24. The van der Waals surface area contributed by atoms with Crippen LogP contribution in [0.2, 0.25) is 0 Å². The molecule has 0 heterocycles. The van der Waals surface area contributed by atoms with Crippen molar-refractivity contribution in [2.45, 2.75) is 12.5 Å². The van der Waals surface area contributed by atoms with Crippen molar-refractivity contribution < 1.29 is 32.5 Å². The van der Waals surface area contributed by atoms with Crippen molar-refractivity contribution in [2.24, 2.45) is 0 Å². The summed E-state index contributed by atoms with van der Waals surface area (Å²) >= 11 is 2.94. The van der Waals surface area contributed by atoms with Crippen LogP contribution in [0.1, 0.15) is 0 Å². The molecule has 0 aliphatic rings. The van der Waals surface area contributed by atoms with Crippen molar-refractivity contribution in [3.63, 3.8) is 0 Å². The molecule has 1 rings (SSSR count). The minimum absolute atomic E-state index is 0.123. The van der Waals surface area contributed by atoms with E-state index in [2.05, 4.69) is 26.0 Å². The number of aliphatic hydroxyl groups excluding tert-OH is 2. The lowest BCUT2D eigenvalue weighted by Gasteiger charge is -2.17. The normalized spacial score (nSPS) is 13.2. The first-order chi connectivity index (χ1) is 8.74. The zero-order valence-corrected chi connectivity index (χ0v) is 10.9. The Morgan fingerprint density at radius 3 is 2.53 bits per heavy atom. The second kappa shape index (κ2) is 6.40. The highest BCUT2D eigenvalue weighted by atomic mass is 79.9. The van der Waals surface area contributed by atoms with Gasteiger partial charge in [0.2, 0.25) is 0 Å². The van der Waals surface area contributed by atoms with Crippen LogP contribution in [0.15, 0.2) is 16.6 Å². The predicted molar refractivity (Wildman–Crippen MR) is 62.4 cm³/mol. The number of halogens is 5. The van der Waals surface area contributed by atoms with Crippen LogP contribution in [0.3, 0.4) is 0 Å². The van der Waals surface area contributed by atoms with E-state index >= 15 is 0 Å². The van der Waals surface area contributed by atoms with E-state index in [9.17, 15) is 17.6 Å². The molecule has 0 amide bonds. The van der Waals surface area contributed by atoms with Gasteiger partial charge in [0.1, 0.15) is 0 Å². The molecule has 0 bridgehead atoms. The van der Waals surface area contributed by atoms with Gasteiger partial charge in [0.25, 0.3) is 0 Å². The Labute approximate surface area is 114 Å². The quantitative estimate of drug-likeness (QED) is 0.715. The molecule has 0 aliphatic heterocycles. The Kier molecular flexibility index (Phi) is 5.39. The highest BCUT2D eigenvalue weighted by Crippen LogP contribution is 2.38. The highest BCUT2D eigenvalue weighted by molar-refractivity contribution is 9.10. The number of benzene rings is 1. The third kappa shape index (κ3) is 4.84. The fourth-order valence-corrected chi connectivity index (χ4v) is 1.65. The molecule has 1 aromatic carbocycles. The van der Waals surface area contributed by atoms with Gasteiger partial charge >= 0.3 is 6.36 Å².